The minimum atomic E-state index is -3.82. The molecule has 0 saturated carbocycles. The number of ketones is 1. The summed E-state index contributed by atoms with van der Waals surface area (Å²) in [6.45, 7) is 4.05. The maximum Gasteiger partial charge on any atom is 0.268 e. The van der Waals surface area contributed by atoms with Crippen LogP contribution in [-0.2, 0) is 26.2 Å². The number of carbonyl (C=O) groups excluding carboxylic acids is 1. The van der Waals surface area contributed by atoms with Gasteiger partial charge >= 0.3 is 0 Å². The Kier molecular flexibility index (Phi) is 3.89. The zero-order valence-electron chi connectivity index (χ0n) is 16.3. The Hall–Kier alpha value is -2.70. The normalized spacial score (nSPS) is 23.8. The number of hydrogen-bond acceptors (Lipinski definition) is 4. The van der Waals surface area contributed by atoms with E-state index in [1.54, 1.807) is 30.3 Å². The molecular formula is C23H21NO4S. The van der Waals surface area contributed by atoms with E-state index in [0.29, 0.717) is 17.6 Å². The van der Waals surface area contributed by atoms with Crippen LogP contribution in [-0.4, -0.2) is 23.8 Å². The molecule has 1 aliphatic heterocycles. The molecule has 5 rings (SSSR count). The molecule has 0 fully saturated rings. The van der Waals surface area contributed by atoms with Gasteiger partial charge in [-0.3, -0.25) is 4.79 Å². The van der Waals surface area contributed by atoms with Crippen LogP contribution in [0.25, 0.3) is 10.9 Å². The predicted octanol–water partition coefficient (Wildman–Crippen LogP) is 4.09. The van der Waals surface area contributed by atoms with Gasteiger partial charge in [0, 0.05) is 17.7 Å². The summed E-state index contributed by atoms with van der Waals surface area (Å²) in [6, 6.07) is 14.3. The molecular weight excluding hydrogens is 386 g/mol. The minimum absolute atomic E-state index is 0.0298. The standard InChI is InChI=1S/C23H21NO4S/c1-15-7-9-17(10-8-15)29(26,27)24-20-6-4-3-5-18(20)22-19-13-16(25)11-12-23(19,2)28-14-21(22)24/h3-12,19H,13-14H2,1-2H3/t19-,23-/m1/s1. The van der Waals surface area contributed by atoms with E-state index in [1.165, 1.54) is 3.97 Å². The maximum absolute atomic E-state index is 13.6. The molecule has 148 valence electrons. The van der Waals surface area contributed by atoms with Crippen LogP contribution in [0.5, 0.6) is 0 Å². The Morgan fingerprint density at radius 1 is 1.10 bits per heavy atom. The molecule has 0 unspecified atom stereocenters. The van der Waals surface area contributed by atoms with Crippen LogP contribution in [0, 0.1) is 6.92 Å². The first-order valence-electron chi connectivity index (χ1n) is 9.62. The molecule has 6 heteroatoms. The summed E-state index contributed by atoms with van der Waals surface area (Å²) in [7, 11) is -3.82. The van der Waals surface area contributed by atoms with Crippen molar-refractivity contribution in [3.63, 3.8) is 0 Å². The highest BCUT2D eigenvalue weighted by Crippen LogP contribution is 2.48. The van der Waals surface area contributed by atoms with Crippen molar-refractivity contribution in [2.75, 3.05) is 0 Å². The van der Waals surface area contributed by atoms with Crippen LogP contribution in [0.2, 0.25) is 0 Å². The molecule has 1 aliphatic carbocycles. The molecule has 29 heavy (non-hydrogen) atoms. The number of para-hydroxylation sites is 1. The lowest BCUT2D eigenvalue weighted by Gasteiger charge is -2.41. The monoisotopic (exact) mass is 407 g/mol. The van der Waals surface area contributed by atoms with Gasteiger partial charge in [-0.15, -0.1) is 0 Å². The Bertz CT molecular complexity index is 1280. The highest BCUT2D eigenvalue weighted by molar-refractivity contribution is 7.90. The van der Waals surface area contributed by atoms with Crippen LogP contribution >= 0.6 is 0 Å². The summed E-state index contributed by atoms with van der Waals surface area (Å²) in [4.78, 5) is 12.4. The summed E-state index contributed by atoms with van der Waals surface area (Å²) in [5.74, 6) is -0.190. The third kappa shape index (κ3) is 2.63. The molecule has 3 aromatic rings. The van der Waals surface area contributed by atoms with E-state index in [0.717, 1.165) is 16.5 Å². The number of aryl methyl sites for hydroxylation is 1. The van der Waals surface area contributed by atoms with E-state index in [1.807, 2.05) is 44.2 Å². The smallest absolute Gasteiger partial charge is 0.268 e. The molecule has 0 N–H and O–H groups in total. The summed E-state index contributed by atoms with van der Waals surface area (Å²) in [5, 5.41) is 0.862. The van der Waals surface area contributed by atoms with Crippen molar-refractivity contribution in [2.45, 2.75) is 43.3 Å². The van der Waals surface area contributed by atoms with Gasteiger partial charge in [-0.05, 0) is 49.8 Å². The van der Waals surface area contributed by atoms with Gasteiger partial charge in [0.25, 0.3) is 10.0 Å². The van der Waals surface area contributed by atoms with Gasteiger partial charge in [0.15, 0.2) is 5.78 Å². The molecule has 2 atom stereocenters. The Labute approximate surface area is 169 Å². The third-order valence-electron chi connectivity index (χ3n) is 6.09. The van der Waals surface area contributed by atoms with Gasteiger partial charge < -0.3 is 4.74 Å². The first kappa shape index (κ1) is 18.3. The average molecular weight is 407 g/mol. The number of aromatic nitrogens is 1. The quantitative estimate of drug-likeness (QED) is 0.642. The molecule has 0 radical (unpaired) electrons. The maximum atomic E-state index is 13.6. The highest BCUT2D eigenvalue weighted by Gasteiger charge is 2.45. The molecule has 2 aliphatic rings. The fourth-order valence-electron chi connectivity index (χ4n) is 4.51. The van der Waals surface area contributed by atoms with Crippen LogP contribution < -0.4 is 0 Å². The Morgan fingerprint density at radius 3 is 2.59 bits per heavy atom. The van der Waals surface area contributed by atoms with Crippen molar-refractivity contribution in [1.29, 1.82) is 0 Å². The minimum Gasteiger partial charge on any atom is -0.364 e. The average Bonchev–Trinajstić information content (AvgIpc) is 3.04. The van der Waals surface area contributed by atoms with E-state index >= 15 is 0 Å². The van der Waals surface area contributed by atoms with E-state index in [-0.39, 0.29) is 23.2 Å². The van der Waals surface area contributed by atoms with Crippen molar-refractivity contribution in [3.05, 3.63) is 77.5 Å². The summed E-state index contributed by atoms with van der Waals surface area (Å²) < 4.78 is 34.8. The second kappa shape index (κ2) is 6.15. The van der Waals surface area contributed by atoms with Gasteiger partial charge in [0.1, 0.15) is 0 Å². The van der Waals surface area contributed by atoms with E-state index in [9.17, 15) is 13.2 Å². The van der Waals surface area contributed by atoms with Crippen LogP contribution in [0.15, 0.2) is 65.6 Å². The highest BCUT2D eigenvalue weighted by atomic mass is 32.2. The van der Waals surface area contributed by atoms with Crippen molar-refractivity contribution in [1.82, 2.24) is 3.97 Å². The SMILES string of the molecule is Cc1ccc(S(=O)(=O)n2c3c(c4ccccc42)[C@H]2CC(=O)C=C[C@@]2(C)OC3)cc1. The van der Waals surface area contributed by atoms with Crippen molar-refractivity contribution < 1.29 is 17.9 Å². The van der Waals surface area contributed by atoms with Gasteiger partial charge in [-0.1, -0.05) is 35.9 Å². The van der Waals surface area contributed by atoms with Crippen molar-refractivity contribution in [3.8, 4) is 0 Å². The number of allylic oxidation sites excluding steroid dienone is 1. The zero-order chi connectivity index (χ0) is 20.4. The Balaban J connectivity index is 1.81. The fourth-order valence-corrected chi connectivity index (χ4v) is 6.06. The number of benzene rings is 2. The lowest BCUT2D eigenvalue weighted by Crippen LogP contribution is -2.42. The Morgan fingerprint density at radius 2 is 1.83 bits per heavy atom. The number of carbonyl (C=O) groups is 1. The topological polar surface area (TPSA) is 65.4 Å². The summed E-state index contributed by atoms with van der Waals surface area (Å²) in [6.07, 6.45) is 3.69. The molecule has 0 spiro atoms. The number of rotatable bonds is 2. The summed E-state index contributed by atoms with van der Waals surface area (Å²) in [5.41, 5.74) is 2.51. The first-order valence-corrected chi connectivity index (χ1v) is 11.1. The lowest BCUT2D eigenvalue weighted by atomic mass is 9.74. The second-order valence-corrected chi connectivity index (χ2v) is 9.78. The lowest BCUT2D eigenvalue weighted by molar-refractivity contribution is -0.119. The van der Waals surface area contributed by atoms with Gasteiger partial charge in [0.05, 0.1) is 28.3 Å². The number of hydrogen-bond donors (Lipinski definition) is 0. The summed E-state index contributed by atoms with van der Waals surface area (Å²) >= 11 is 0. The number of ether oxygens (including phenoxy) is 1. The van der Waals surface area contributed by atoms with E-state index in [2.05, 4.69) is 0 Å². The molecule has 2 heterocycles. The molecule has 2 aromatic carbocycles. The largest absolute Gasteiger partial charge is 0.364 e. The van der Waals surface area contributed by atoms with Crippen molar-refractivity contribution in [2.24, 2.45) is 0 Å². The first-order chi connectivity index (χ1) is 13.8. The molecule has 0 amide bonds. The van der Waals surface area contributed by atoms with Crippen LogP contribution in [0.1, 0.15) is 36.1 Å². The molecule has 1 aromatic heterocycles. The van der Waals surface area contributed by atoms with Gasteiger partial charge in [-0.2, -0.15) is 0 Å². The van der Waals surface area contributed by atoms with Gasteiger partial charge in [0.2, 0.25) is 0 Å². The van der Waals surface area contributed by atoms with E-state index in [4.69, 9.17) is 4.74 Å². The van der Waals surface area contributed by atoms with Gasteiger partial charge in [-0.25, -0.2) is 12.4 Å². The predicted molar refractivity (Wildman–Crippen MR) is 110 cm³/mol. The fraction of sp³-hybridized carbons (Fsp3) is 0.261. The molecule has 0 saturated heterocycles. The zero-order valence-corrected chi connectivity index (χ0v) is 17.1. The van der Waals surface area contributed by atoms with Crippen molar-refractivity contribution >= 4 is 26.7 Å². The van der Waals surface area contributed by atoms with Crippen LogP contribution in [0.4, 0.5) is 0 Å². The third-order valence-corrected chi connectivity index (χ3v) is 7.86. The van der Waals surface area contributed by atoms with Crippen LogP contribution in [0.3, 0.4) is 0 Å². The van der Waals surface area contributed by atoms with E-state index < -0.39 is 15.6 Å². The number of nitrogens with zero attached hydrogens (tertiary/aromatic N) is 1. The molecule has 0 bridgehead atoms. The second-order valence-electron chi connectivity index (χ2n) is 7.99. The number of fused-ring (bicyclic) bond motifs is 5. The molecule has 5 nitrogen and oxygen atoms in total.